The van der Waals surface area contributed by atoms with Crippen LogP contribution in [0.25, 0.3) is 6.08 Å². The molecule has 1 aromatic rings. The van der Waals surface area contributed by atoms with Crippen molar-refractivity contribution in [2.75, 3.05) is 6.54 Å². The molecule has 0 unspecified atom stereocenters. The molecule has 0 spiro atoms. The third-order valence-corrected chi connectivity index (χ3v) is 3.08. The molecule has 0 bridgehead atoms. The van der Waals surface area contributed by atoms with Gasteiger partial charge in [-0.05, 0) is 46.8 Å². The highest BCUT2D eigenvalue weighted by Gasteiger charge is 2.22. The summed E-state index contributed by atoms with van der Waals surface area (Å²) in [6, 6.07) is 6.13. The van der Waals surface area contributed by atoms with Crippen LogP contribution in [0.15, 0.2) is 30.3 Å². The van der Waals surface area contributed by atoms with Crippen molar-refractivity contribution < 1.29 is 19.2 Å². The first-order chi connectivity index (χ1) is 11.9. The normalized spacial score (nSPS) is 11.9. The molecule has 0 saturated carbocycles. The first kappa shape index (κ1) is 21.1. The smallest absolute Gasteiger partial charge is 0.407 e. The van der Waals surface area contributed by atoms with Crippen LogP contribution in [0.5, 0.6) is 0 Å². The van der Waals surface area contributed by atoms with Gasteiger partial charge in [0.1, 0.15) is 5.60 Å². The number of alkyl carbamates (subject to hydrolysis) is 1. The highest BCUT2D eigenvalue weighted by Crippen LogP contribution is 2.18. The van der Waals surface area contributed by atoms with Gasteiger partial charge < -0.3 is 15.4 Å². The molecule has 0 fully saturated rings. The summed E-state index contributed by atoms with van der Waals surface area (Å²) >= 11 is 0. The van der Waals surface area contributed by atoms with Gasteiger partial charge in [0.05, 0.1) is 16.0 Å². The average molecular weight is 363 g/mol. The summed E-state index contributed by atoms with van der Waals surface area (Å²) in [7, 11) is 0. The minimum absolute atomic E-state index is 0.0811. The van der Waals surface area contributed by atoms with Gasteiger partial charge in [-0.2, -0.15) is 0 Å². The summed E-state index contributed by atoms with van der Waals surface area (Å²) in [6.07, 6.45) is 2.03. The predicted octanol–water partition coefficient (Wildman–Crippen LogP) is 3.03. The fourth-order valence-corrected chi connectivity index (χ4v) is 1.99. The molecule has 8 heteroatoms. The summed E-state index contributed by atoms with van der Waals surface area (Å²) in [5.41, 5.74) is -1.09. The van der Waals surface area contributed by atoms with Crippen molar-refractivity contribution in [2.24, 2.45) is 0 Å². The number of nitro groups is 1. The summed E-state index contributed by atoms with van der Waals surface area (Å²) in [4.78, 5) is 34.2. The third kappa shape index (κ3) is 7.78. The lowest BCUT2D eigenvalue weighted by atomic mass is 10.1. The van der Waals surface area contributed by atoms with Crippen molar-refractivity contribution in [1.29, 1.82) is 0 Å². The minimum atomic E-state index is -0.735. The van der Waals surface area contributed by atoms with Gasteiger partial charge in [-0.25, -0.2) is 4.79 Å². The summed E-state index contributed by atoms with van der Waals surface area (Å²) in [6.45, 7) is 8.91. The fourth-order valence-electron chi connectivity index (χ4n) is 1.99. The Morgan fingerprint density at radius 1 is 1.19 bits per heavy atom. The van der Waals surface area contributed by atoms with Crippen molar-refractivity contribution in [3.8, 4) is 0 Å². The van der Waals surface area contributed by atoms with Gasteiger partial charge in [0.15, 0.2) is 0 Å². The van der Waals surface area contributed by atoms with Gasteiger partial charge in [0.2, 0.25) is 5.91 Å². The van der Waals surface area contributed by atoms with Crippen molar-refractivity contribution in [3.63, 3.8) is 0 Å². The van der Waals surface area contributed by atoms with Gasteiger partial charge in [-0.3, -0.25) is 14.9 Å². The highest BCUT2D eigenvalue weighted by atomic mass is 16.6. The second-order valence-electron chi connectivity index (χ2n) is 7.38. The number of hydrogen-bond acceptors (Lipinski definition) is 5. The maximum absolute atomic E-state index is 12.1. The molecule has 1 aromatic carbocycles. The number of benzene rings is 1. The molecule has 2 amide bonds. The number of carbonyl (C=O) groups excluding carboxylic acids is 2. The van der Waals surface area contributed by atoms with E-state index in [1.54, 1.807) is 52.8 Å². The molecule has 2 N–H and O–H groups in total. The van der Waals surface area contributed by atoms with Crippen LogP contribution >= 0.6 is 0 Å². The number of nitrogens with one attached hydrogen (secondary N) is 2. The van der Waals surface area contributed by atoms with Gasteiger partial charge in [0.25, 0.3) is 5.69 Å². The predicted molar refractivity (Wildman–Crippen MR) is 98.6 cm³/mol. The fraction of sp³-hybridized carbons (Fsp3) is 0.444. The van der Waals surface area contributed by atoms with Crippen LogP contribution in [0.3, 0.4) is 0 Å². The molecule has 142 valence electrons. The number of nitro benzene ring substituents is 1. The first-order valence-corrected chi connectivity index (χ1v) is 8.10. The van der Waals surface area contributed by atoms with Crippen molar-refractivity contribution in [3.05, 3.63) is 46.0 Å². The SMILES string of the molecule is CC(C)(CNC(=O)OC(C)(C)C)NC(=O)/C=C/c1ccccc1[N+](=O)[O-]. The highest BCUT2D eigenvalue weighted by molar-refractivity contribution is 5.92. The molecule has 0 aliphatic heterocycles. The van der Waals surface area contributed by atoms with E-state index in [0.717, 1.165) is 0 Å². The van der Waals surface area contributed by atoms with Gasteiger partial charge in [-0.1, -0.05) is 12.1 Å². The van der Waals surface area contributed by atoms with Gasteiger partial charge in [-0.15, -0.1) is 0 Å². The molecule has 0 heterocycles. The Labute approximate surface area is 152 Å². The van der Waals surface area contributed by atoms with Crippen LogP contribution in [0, 0.1) is 10.1 Å². The lowest BCUT2D eigenvalue weighted by Gasteiger charge is -2.27. The second kappa shape index (κ2) is 8.46. The Kier molecular flexibility index (Phi) is 6.88. The van der Waals surface area contributed by atoms with Crippen LogP contribution in [0.4, 0.5) is 10.5 Å². The molecule has 0 saturated heterocycles. The van der Waals surface area contributed by atoms with Crippen LogP contribution < -0.4 is 10.6 Å². The maximum atomic E-state index is 12.1. The zero-order valence-electron chi connectivity index (χ0n) is 15.7. The monoisotopic (exact) mass is 363 g/mol. The molecule has 0 atom stereocenters. The minimum Gasteiger partial charge on any atom is -0.444 e. The number of amides is 2. The first-order valence-electron chi connectivity index (χ1n) is 8.10. The van der Waals surface area contributed by atoms with E-state index in [-0.39, 0.29) is 12.2 Å². The van der Waals surface area contributed by atoms with Crippen molar-refractivity contribution in [1.82, 2.24) is 10.6 Å². The third-order valence-electron chi connectivity index (χ3n) is 3.08. The lowest BCUT2D eigenvalue weighted by Crippen LogP contribution is -2.51. The number of rotatable bonds is 6. The molecule has 0 aliphatic rings. The molecule has 0 radical (unpaired) electrons. The summed E-state index contributed by atoms with van der Waals surface area (Å²) in [5, 5.41) is 16.3. The maximum Gasteiger partial charge on any atom is 0.407 e. The molecule has 1 rings (SSSR count). The zero-order chi connectivity index (χ0) is 20.0. The largest absolute Gasteiger partial charge is 0.444 e. The standard InChI is InChI=1S/C18H25N3O5/c1-17(2,3)26-16(23)19-12-18(4,5)20-15(22)11-10-13-8-6-7-9-14(13)21(24)25/h6-11H,12H2,1-5H3,(H,19,23)(H,20,22)/b11-10+. The van der Waals surface area contributed by atoms with Crippen LogP contribution in [-0.2, 0) is 9.53 Å². The molecular formula is C18H25N3O5. The van der Waals surface area contributed by atoms with Crippen LogP contribution in [0.1, 0.15) is 40.2 Å². The van der Waals surface area contributed by atoms with E-state index in [0.29, 0.717) is 5.56 Å². The van der Waals surface area contributed by atoms with E-state index < -0.39 is 28.1 Å². The molecule has 0 aliphatic carbocycles. The van der Waals surface area contributed by atoms with E-state index in [9.17, 15) is 19.7 Å². The quantitative estimate of drug-likeness (QED) is 0.458. The van der Waals surface area contributed by atoms with E-state index in [4.69, 9.17) is 4.74 Å². The Morgan fingerprint density at radius 3 is 2.38 bits per heavy atom. The Balaban J connectivity index is 2.63. The number of ether oxygens (including phenoxy) is 1. The number of hydrogen-bond donors (Lipinski definition) is 2. The molecule has 26 heavy (non-hydrogen) atoms. The van der Waals surface area contributed by atoms with E-state index in [2.05, 4.69) is 10.6 Å². The van der Waals surface area contributed by atoms with E-state index in [1.807, 2.05) is 0 Å². The lowest BCUT2D eigenvalue weighted by molar-refractivity contribution is -0.385. The van der Waals surface area contributed by atoms with Crippen molar-refractivity contribution in [2.45, 2.75) is 45.8 Å². The molecular weight excluding hydrogens is 338 g/mol. The summed E-state index contributed by atoms with van der Waals surface area (Å²) in [5.74, 6) is -0.431. The Morgan fingerprint density at radius 2 is 1.81 bits per heavy atom. The van der Waals surface area contributed by atoms with Crippen LogP contribution in [-0.4, -0.2) is 34.6 Å². The van der Waals surface area contributed by atoms with E-state index in [1.165, 1.54) is 18.2 Å². The summed E-state index contributed by atoms with van der Waals surface area (Å²) < 4.78 is 5.14. The number of para-hydroxylation sites is 1. The zero-order valence-corrected chi connectivity index (χ0v) is 15.7. The number of nitrogens with zero attached hydrogens (tertiary/aromatic N) is 1. The van der Waals surface area contributed by atoms with Gasteiger partial charge in [0, 0.05) is 18.7 Å². The van der Waals surface area contributed by atoms with Crippen molar-refractivity contribution >= 4 is 23.8 Å². The van der Waals surface area contributed by atoms with Gasteiger partial charge >= 0.3 is 6.09 Å². The second-order valence-corrected chi connectivity index (χ2v) is 7.38. The van der Waals surface area contributed by atoms with E-state index >= 15 is 0 Å². The van der Waals surface area contributed by atoms with Crippen LogP contribution in [0.2, 0.25) is 0 Å². The Bertz CT molecular complexity index is 705. The topological polar surface area (TPSA) is 111 Å². The average Bonchev–Trinajstić information content (AvgIpc) is 2.49. The Hall–Kier alpha value is -2.90. The molecule has 8 nitrogen and oxygen atoms in total. The molecule has 0 aromatic heterocycles. The number of carbonyl (C=O) groups is 2.